The number of nitrogens with two attached hydrogens (primary N) is 1. The first-order valence-electron chi connectivity index (χ1n) is 6.87. The number of pyridine rings is 2. The van der Waals surface area contributed by atoms with Crippen molar-refractivity contribution in [3.63, 3.8) is 0 Å². The van der Waals surface area contributed by atoms with E-state index in [0.717, 1.165) is 32.1 Å². The highest BCUT2D eigenvalue weighted by atomic mass is 32.2. The standard InChI is InChI=1S/C17H17N3S/c1-11-7-12(2)20-16(8-11)21-17-13(9-18)10-19-15-6-4-3-5-14(15)17/h3-8,10H,9,18H2,1-2H3. The van der Waals surface area contributed by atoms with Gasteiger partial charge in [0.15, 0.2) is 0 Å². The van der Waals surface area contributed by atoms with Gasteiger partial charge in [-0.2, -0.15) is 0 Å². The number of para-hydroxylation sites is 1. The van der Waals surface area contributed by atoms with Gasteiger partial charge in [-0.05, 0) is 43.2 Å². The van der Waals surface area contributed by atoms with Crippen LogP contribution in [-0.2, 0) is 6.54 Å². The molecule has 0 aliphatic rings. The molecule has 1 aromatic carbocycles. The number of hydrogen-bond acceptors (Lipinski definition) is 4. The Balaban J connectivity index is 2.14. The van der Waals surface area contributed by atoms with Crippen LogP contribution in [0.2, 0.25) is 0 Å². The lowest BCUT2D eigenvalue weighted by atomic mass is 10.1. The number of aryl methyl sites for hydroxylation is 2. The molecule has 106 valence electrons. The summed E-state index contributed by atoms with van der Waals surface area (Å²) in [6.45, 7) is 4.59. The average molecular weight is 295 g/mol. The third kappa shape index (κ3) is 2.91. The first-order valence-corrected chi connectivity index (χ1v) is 7.69. The second kappa shape index (κ2) is 5.84. The van der Waals surface area contributed by atoms with Crippen molar-refractivity contribution in [3.8, 4) is 0 Å². The van der Waals surface area contributed by atoms with Crippen LogP contribution in [0.5, 0.6) is 0 Å². The lowest BCUT2D eigenvalue weighted by molar-refractivity contribution is 1.01. The lowest BCUT2D eigenvalue weighted by Crippen LogP contribution is -2.00. The molecule has 0 saturated carbocycles. The second-order valence-electron chi connectivity index (χ2n) is 5.06. The Morgan fingerprint density at radius 2 is 1.95 bits per heavy atom. The molecular weight excluding hydrogens is 278 g/mol. The smallest absolute Gasteiger partial charge is 0.101 e. The quantitative estimate of drug-likeness (QED) is 0.797. The number of rotatable bonds is 3. The Hall–Kier alpha value is -1.91. The summed E-state index contributed by atoms with van der Waals surface area (Å²) >= 11 is 1.67. The molecule has 0 saturated heterocycles. The van der Waals surface area contributed by atoms with Crippen LogP contribution < -0.4 is 5.73 Å². The van der Waals surface area contributed by atoms with E-state index in [9.17, 15) is 0 Å². The average Bonchev–Trinajstić information content (AvgIpc) is 2.46. The molecule has 3 nitrogen and oxygen atoms in total. The van der Waals surface area contributed by atoms with Crippen LogP contribution in [0.1, 0.15) is 16.8 Å². The van der Waals surface area contributed by atoms with Crippen LogP contribution in [0.15, 0.2) is 52.5 Å². The molecular formula is C17H17N3S. The fraction of sp³-hybridized carbons (Fsp3) is 0.176. The van der Waals surface area contributed by atoms with Gasteiger partial charge in [-0.15, -0.1) is 0 Å². The van der Waals surface area contributed by atoms with E-state index in [1.54, 1.807) is 11.8 Å². The van der Waals surface area contributed by atoms with E-state index in [-0.39, 0.29) is 0 Å². The topological polar surface area (TPSA) is 51.8 Å². The fourth-order valence-corrected chi connectivity index (χ4v) is 3.58. The van der Waals surface area contributed by atoms with Crippen LogP contribution in [0, 0.1) is 13.8 Å². The zero-order valence-electron chi connectivity index (χ0n) is 12.1. The van der Waals surface area contributed by atoms with Crippen LogP contribution in [0.4, 0.5) is 0 Å². The molecule has 0 atom stereocenters. The van der Waals surface area contributed by atoms with Gasteiger partial charge in [-0.3, -0.25) is 4.98 Å². The molecule has 3 rings (SSSR count). The van der Waals surface area contributed by atoms with E-state index in [0.29, 0.717) is 6.54 Å². The highest BCUT2D eigenvalue weighted by Gasteiger charge is 2.10. The molecule has 0 fully saturated rings. The molecule has 0 radical (unpaired) electrons. The van der Waals surface area contributed by atoms with Gasteiger partial charge in [-0.25, -0.2) is 4.98 Å². The van der Waals surface area contributed by atoms with Gasteiger partial charge in [0, 0.05) is 28.7 Å². The Morgan fingerprint density at radius 3 is 2.71 bits per heavy atom. The van der Waals surface area contributed by atoms with Crippen molar-refractivity contribution in [2.75, 3.05) is 0 Å². The summed E-state index contributed by atoms with van der Waals surface area (Å²) < 4.78 is 0. The van der Waals surface area contributed by atoms with Crippen LogP contribution >= 0.6 is 11.8 Å². The predicted molar refractivity (Wildman–Crippen MR) is 87.5 cm³/mol. The minimum absolute atomic E-state index is 0.477. The predicted octanol–water partition coefficient (Wildman–Crippen LogP) is 3.86. The Labute approximate surface area is 128 Å². The van der Waals surface area contributed by atoms with Gasteiger partial charge in [-0.1, -0.05) is 30.0 Å². The van der Waals surface area contributed by atoms with Crippen molar-refractivity contribution < 1.29 is 0 Å². The van der Waals surface area contributed by atoms with Crippen molar-refractivity contribution in [2.45, 2.75) is 30.3 Å². The number of hydrogen-bond donors (Lipinski definition) is 1. The summed E-state index contributed by atoms with van der Waals surface area (Å²) in [5, 5.41) is 2.13. The third-order valence-corrected chi connectivity index (χ3v) is 4.41. The fourth-order valence-electron chi connectivity index (χ4n) is 2.38. The molecule has 0 aliphatic heterocycles. The van der Waals surface area contributed by atoms with E-state index >= 15 is 0 Å². The van der Waals surface area contributed by atoms with Gasteiger partial charge in [0.1, 0.15) is 5.03 Å². The maximum atomic E-state index is 5.88. The van der Waals surface area contributed by atoms with Gasteiger partial charge < -0.3 is 5.73 Å². The first kappa shape index (κ1) is 14.0. The minimum atomic E-state index is 0.477. The first-order chi connectivity index (χ1) is 10.2. The van der Waals surface area contributed by atoms with Crippen molar-refractivity contribution in [2.24, 2.45) is 5.73 Å². The molecule has 2 aromatic heterocycles. The van der Waals surface area contributed by atoms with Gasteiger partial charge >= 0.3 is 0 Å². The van der Waals surface area contributed by atoms with E-state index in [1.165, 1.54) is 5.56 Å². The van der Waals surface area contributed by atoms with Crippen molar-refractivity contribution >= 4 is 22.7 Å². The van der Waals surface area contributed by atoms with E-state index < -0.39 is 0 Å². The molecule has 0 aliphatic carbocycles. The number of nitrogens with zero attached hydrogens (tertiary/aromatic N) is 2. The summed E-state index contributed by atoms with van der Waals surface area (Å²) in [6, 6.07) is 12.3. The maximum absolute atomic E-state index is 5.88. The Bertz CT molecular complexity index is 779. The van der Waals surface area contributed by atoms with Crippen LogP contribution in [-0.4, -0.2) is 9.97 Å². The SMILES string of the molecule is Cc1cc(C)nc(Sc2c(CN)cnc3ccccc23)c1. The molecule has 0 spiro atoms. The summed E-state index contributed by atoms with van der Waals surface area (Å²) in [4.78, 5) is 10.2. The molecule has 0 bridgehead atoms. The van der Waals surface area contributed by atoms with E-state index in [1.807, 2.05) is 31.3 Å². The monoisotopic (exact) mass is 295 g/mol. The summed E-state index contributed by atoms with van der Waals surface area (Å²) in [7, 11) is 0. The summed E-state index contributed by atoms with van der Waals surface area (Å²) in [5.41, 5.74) is 10.2. The van der Waals surface area contributed by atoms with Crippen LogP contribution in [0.3, 0.4) is 0 Å². The number of benzene rings is 1. The van der Waals surface area contributed by atoms with Gasteiger partial charge in [0.2, 0.25) is 0 Å². The molecule has 0 amide bonds. The highest BCUT2D eigenvalue weighted by molar-refractivity contribution is 7.99. The largest absolute Gasteiger partial charge is 0.326 e. The molecule has 21 heavy (non-hydrogen) atoms. The zero-order chi connectivity index (χ0) is 14.8. The van der Waals surface area contributed by atoms with Crippen LogP contribution in [0.25, 0.3) is 10.9 Å². The Morgan fingerprint density at radius 1 is 1.14 bits per heavy atom. The van der Waals surface area contributed by atoms with Crippen molar-refractivity contribution in [3.05, 3.63) is 59.4 Å². The highest BCUT2D eigenvalue weighted by Crippen LogP contribution is 2.35. The molecule has 0 unspecified atom stereocenters. The summed E-state index contributed by atoms with van der Waals surface area (Å²) in [5.74, 6) is 0. The van der Waals surface area contributed by atoms with Gasteiger partial charge in [0.05, 0.1) is 5.52 Å². The zero-order valence-corrected chi connectivity index (χ0v) is 12.9. The Kier molecular flexibility index (Phi) is 3.90. The van der Waals surface area contributed by atoms with E-state index in [4.69, 9.17) is 5.73 Å². The van der Waals surface area contributed by atoms with Crippen molar-refractivity contribution in [1.82, 2.24) is 9.97 Å². The van der Waals surface area contributed by atoms with E-state index in [2.05, 4.69) is 35.1 Å². The summed E-state index contributed by atoms with van der Waals surface area (Å²) in [6.07, 6.45) is 1.87. The third-order valence-electron chi connectivity index (χ3n) is 3.30. The second-order valence-corrected chi connectivity index (χ2v) is 6.09. The molecule has 2 heterocycles. The lowest BCUT2D eigenvalue weighted by Gasteiger charge is -2.11. The molecule has 3 aromatic rings. The normalized spacial score (nSPS) is 11.0. The van der Waals surface area contributed by atoms with Gasteiger partial charge in [0.25, 0.3) is 0 Å². The number of fused-ring (bicyclic) bond motifs is 1. The minimum Gasteiger partial charge on any atom is -0.326 e. The van der Waals surface area contributed by atoms with Crippen molar-refractivity contribution in [1.29, 1.82) is 0 Å². The molecule has 4 heteroatoms. The molecule has 2 N–H and O–H groups in total. The maximum Gasteiger partial charge on any atom is 0.101 e. The number of aromatic nitrogens is 2.